The lowest BCUT2D eigenvalue weighted by Crippen LogP contribution is -2.40. The zero-order chi connectivity index (χ0) is 10.8. The van der Waals surface area contributed by atoms with Crippen LogP contribution < -0.4 is 11.1 Å². The Morgan fingerprint density at radius 2 is 2.29 bits per heavy atom. The van der Waals surface area contributed by atoms with E-state index in [1.54, 1.807) is 0 Å². The Morgan fingerprint density at radius 1 is 1.64 bits per heavy atom. The molecule has 0 saturated carbocycles. The second kappa shape index (κ2) is 4.17. The van der Waals surface area contributed by atoms with E-state index < -0.39 is 0 Å². The monoisotopic (exact) mass is 199 g/mol. The van der Waals surface area contributed by atoms with Crippen molar-refractivity contribution >= 4 is 6.03 Å². The molecule has 1 aliphatic rings. The van der Waals surface area contributed by atoms with Gasteiger partial charge in [-0.15, -0.1) is 0 Å². The van der Waals surface area contributed by atoms with Gasteiger partial charge in [-0.25, -0.2) is 4.79 Å². The van der Waals surface area contributed by atoms with Crippen LogP contribution in [0.4, 0.5) is 4.79 Å². The fourth-order valence-electron chi connectivity index (χ4n) is 1.61. The molecule has 82 valence electrons. The third-order valence-electron chi connectivity index (χ3n) is 2.72. The van der Waals surface area contributed by atoms with Crippen molar-refractivity contribution in [2.75, 3.05) is 19.6 Å². The van der Waals surface area contributed by atoms with Crippen LogP contribution in [-0.2, 0) is 0 Å². The summed E-state index contributed by atoms with van der Waals surface area (Å²) in [5.74, 6) is 0. The van der Waals surface area contributed by atoms with Gasteiger partial charge >= 0.3 is 6.03 Å². The van der Waals surface area contributed by atoms with E-state index in [2.05, 4.69) is 26.1 Å². The highest BCUT2D eigenvalue weighted by atomic mass is 16.2. The third-order valence-corrected chi connectivity index (χ3v) is 2.72. The van der Waals surface area contributed by atoms with Crippen molar-refractivity contribution in [2.45, 2.75) is 33.2 Å². The maximum Gasteiger partial charge on any atom is 0.317 e. The first-order valence-corrected chi connectivity index (χ1v) is 5.24. The van der Waals surface area contributed by atoms with Gasteiger partial charge in [0.15, 0.2) is 0 Å². The highest BCUT2D eigenvalue weighted by Crippen LogP contribution is 2.18. The molecule has 1 fully saturated rings. The lowest BCUT2D eigenvalue weighted by molar-refractivity contribution is 0.191. The van der Waals surface area contributed by atoms with Gasteiger partial charge in [-0.2, -0.15) is 0 Å². The summed E-state index contributed by atoms with van der Waals surface area (Å²) < 4.78 is 0. The molecular weight excluding hydrogens is 178 g/mol. The first-order valence-electron chi connectivity index (χ1n) is 5.24. The standard InChI is InChI=1S/C10H21N3O/c1-4-8-5-13(9(14)12-8)7-10(2,3)6-11/h8H,4-7,11H2,1-3H3,(H,12,14). The van der Waals surface area contributed by atoms with Gasteiger partial charge in [0, 0.05) is 19.1 Å². The van der Waals surface area contributed by atoms with E-state index in [4.69, 9.17) is 5.73 Å². The van der Waals surface area contributed by atoms with Crippen LogP contribution in [0.15, 0.2) is 0 Å². The number of rotatable bonds is 4. The second-order valence-corrected chi connectivity index (χ2v) is 4.80. The zero-order valence-electron chi connectivity index (χ0n) is 9.34. The fraction of sp³-hybridized carbons (Fsp3) is 0.900. The van der Waals surface area contributed by atoms with Gasteiger partial charge in [-0.1, -0.05) is 20.8 Å². The number of carbonyl (C=O) groups excluding carboxylic acids is 1. The van der Waals surface area contributed by atoms with Crippen molar-refractivity contribution in [1.29, 1.82) is 0 Å². The molecule has 1 heterocycles. The molecule has 3 N–H and O–H groups in total. The van der Waals surface area contributed by atoms with Gasteiger partial charge in [-0.05, 0) is 18.4 Å². The Bertz CT molecular complexity index is 215. The third kappa shape index (κ3) is 2.61. The van der Waals surface area contributed by atoms with E-state index in [0.717, 1.165) is 19.5 Å². The summed E-state index contributed by atoms with van der Waals surface area (Å²) in [4.78, 5) is 13.4. The SMILES string of the molecule is CCC1CN(CC(C)(C)CN)C(=O)N1. The van der Waals surface area contributed by atoms with E-state index in [1.807, 2.05) is 4.90 Å². The molecule has 4 heteroatoms. The van der Waals surface area contributed by atoms with E-state index >= 15 is 0 Å². The van der Waals surface area contributed by atoms with E-state index in [0.29, 0.717) is 12.6 Å². The number of hydrogen-bond donors (Lipinski definition) is 2. The maximum atomic E-state index is 11.5. The number of carbonyl (C=O) groups is 1. The Morgan fingerprint density at radius 3 is 2.71 bits per heavy atom. The average Bonchev–Trinajstić information content (AvgIpc) is 2.47. The summed E-state index contributed by atoms with van der Waals surface area (Å²) in [6, 6.07) is 0.370. The van der Waals surface area contributed by atoms with Gasteiger partial charge in [0.1, 0.15) is 0 Å². The zero-order valence-corrected chi connectivity index (χ0v) is 9.34. The minimum atomic E-state index is 0.0139. The van der Waals surface area contributed by atoms with E-state index in [1.165, 1.54) is 0 Å². The van der Waals surface area contributed by atoms with Gasteiger partial charge in [0.2, 0.25) is 0 Å². The number of nitrogens with zero attached hydrogens (tertiary/aromatic N) is 1. The van der Waals surface area contributed by atoms with Gasteiger partial charge in [-0.3, -0.25) is 0 Å². The molecule has 0 aliphatic carbocycles. The van der Waals surface area contributed by atoms with Crippen molar-refractivity contribution in [3.63, 3.8) is 0 Å². The van der Waals surface area contributed by atoms with Crippen molar-refractivity contribution in [3.05, 3.63) is 0 Å². The Kier molecular flexibility index (Phi) is 3.37. The van der Waals surface area contributed by atoms with Crippen LogP contribution in [0.2, 0.25) is 0 Å². The molecular formula is C10H21N3O. The summed E-state index contributed by atoms with van der Waals surface area (Å²) in [5, 5.41) is 2.95. The Balaban J connectivity index is 2.50. The summed E-state index contributed by atoms with van der Waals surface area (Å²) in [5.41, 5.74) is 5.65. The Hall–Kier alpha value is -0.770. The Labute approximate surface area is 85.8 Å². The molecule has 0 bridgehead atoms. The second-order valence-electron chi connectivity index (χ2n) is 4.80. The van der Waals surface area contributed by atoms with Gasteiger partial charge < -0.3 is 16.0 Å². The summed E-state index contributed by atoms with van der Waals surface area (Å²) in [6.45, 7) is 8.42. The molecule has 2 amide bonds. The lowest BCUT2D eigenvalue weighted by atomic mass is 9.93. The highest BCUT2D eigenvalue weighted by Gasteiger charge is 2.31. The molecule has 0 aromatic heterocycles. The number of hydrogen-bond acceptors (Lipinski definition) is 2. The normalized spacial score (nSPS) is 22.7. The van der Waals surface area contributed by atoms with E-state index in [-0.39, 0.29) is 11.4 Å². The van der Waals surface area contributed by atoms with Crippen molar-refractivity contribution in [1.82, 2.24) is 10.2 Å². The summed E-state index contributed by atoms with van der Waals surface area (Å²) in [6.07, 6.45) is 0.991. The molecule has 14 heavy (non-hydrogen) atoms. The molecule has 4 nitrogen and oxygen atoms in total. The number of nitrogens with two attached hydrogens (primary N) is 1. The number of nitrogens with one attached hydrogen (secondary N) is 1. The smallest absolute Gasteiger partial charge is 0.317 e. The van der Waals surface area contributed by atoms with Gasteiger partial charge in [0.05, 0.1) is 0 Å². The first kappa shape index (κ1) is 11.3. The van der Waals surface area contributed by atoms with Gasteiger partial charge in [0.25, 0.3) is 0 Å². The molecule has 1 aliphatic heterocycles. The van der Waals surface area contributed by atoms with Crippen LogP contribution in [0.3, 0.4) is 0 Å². The van der Waals surface area contributed by atoms with Crippen LogP contribution >= 0.6 is 0 Å². The van der Waals surface area contributed by atoms with Crippen molar-refractivity contribution in [3.8, 4) is 0 Å². The van der Waals surface area contributed by atoms with Crippen LogP contribution in [0, 0.1) is 5.41 Å². The summed E-state index contributed by atoms with van der Waals surface area (Å²) >= 11 is 0. The van der Waals surface area contributed by atoms with Crippen LogP contribution in [0.5, 0.6) is 0 Å². The molecule has 0 aromatic rings. The highest BCUT2D eigenvalue weighted by molar-refractivity contribution is 5.76. The molecule has 1 atom stereocenters. The fourth-order valence-corrected chi connectivity index (χ4v) is 1.61. The predicted octanol–water partition coefficient (Wildman–Crippen LogP) is 0.775. The minimum absolute atomic E-state index is 0.0139. The first-order chi connectivity index (χ1) is 6.48. The lowest BCUT2D eigenvalue weighted by Gasteiger charge is -2.28. The quantitative estimate of drug-likeness (QED) is 0.703. The summed E-state index contributed by atoms with van der Waals surface area (Å²) in [7, 11) is 0. The van der Waals surface area contributed by atoms with Crippen LogP contribution in [0.25, 0.3) is 0 Å². The largest absolute Gasteiger partial charge is 0.333 e. The van der Waals surface area contributed by atoms with Crippen LogP contribution in [0.1, 0.15) is 27.2 Å². The molecule has 0 aromatic carbocycles. The minimum Gasteiger partial charge on any atom is -0.333 e. The van der Waals surface area contributed by atoms with Crippen molar-refractivity contribution in [2.24, 2.45) is 11.1 Å². The number of amides is 2. The molecule has 1 unspecified atom stereocenters. The van der Waals surface area contributed by atoms with Crippen LogP contribution in [-0.4, -0.2) is 36.6 Å². The van der Waals surface area contributed by atoms with E-state index in [9.17, 15) is 4.79 Å². The number of urea groups is 1. The molecule has 0 spiro atoms. The predicted molar refractivity (Wildman–Crippen MR) is 57.0 cm³/mol. The molecule has 1 saturated heterocycles. The molecule has 1 rings (SSSR count). The topological polar surface area (TPSA) is 58.4 Å². The van der Waals surface area contributed by atoms with Crippen molar-refractivity contribution < 1.29 is 4.79 Å². The average molecular weight is 199 g/mol. The maximum absolute atomic E-state index is 11.5. The molecule has 0 radical (unpaired) electrons.